The minimum Gasteiger partial charge on any atom is -0.508 e. The van der Waals surface area contributed by atoms with Gasteiger partial charge in [0, 0.05) is 5.92 Å². The van der Waals surface area contributed by atoms with Gasteiger partial charge in [0.15, 0.2) is 0 Å². The van der Waals surface area contributed by atoms with Gasteiger partial charge in [0.2, 0.25) is 0 Å². The van der Waals surface area contributed by atoms with Gasteiger partial charge in [-0.05, 0) is 36.5 Å². The van der Waals surface area contributed by atoms with Crippen LogP contribution in [0.25, 0.3) is 0 Å². The Morgan fingerprint density at radius 1 is 1.12 bits per heavy atom. The van der Waals surface area contributed by atoms with E-state index < -0.39 is 0 Å². The molecule has 84 valence electrons. The summed E-state index contributed by atoms with van der Waals surface area (Å²) in [5, 5.41) is 9.26. The quantitative estimate of drug-likeness (QED) is 0.737. The Hall–Kier alpha value is -1.50. The molecule has 1 aliphatic carbocycles. The lowest BCUT2D eigenvalue weighted by Gasteiger charge is -2.10. The minimum absolute atomic E-state index is 0.336. The monoisotopic (exact) mass is 214 g/mol. The van der Waals surface area contributed by atoms with Crippen LogP contribution in [0.5, 0.6) is 5.75 Å². The molecule has 1 aromatic carbocycles. The van der Waals surface area contributed by atoms with E-state index in [0.717, 1.165) is 12.8 Å². The van der Waals surface area contributed by atoms with Crippen molar-refractivity contribution < 1.29 is 5.11 Å². The molecule has 0 saturated heterocycles. The summed E-state index contributed by atoms with van der Waals surface area (Å²) in [6, 6.07) is 7.53. The molecule has 0 amide bonds. The summed E-state index contributed by atoms with van der Waals surface area (Å²) in [4.78, 5) is 0. The Labute approximate surface area is 97.1 Å². The molecule has 0 aliphatic heterocycles. The predicted octanol–water partition coefficient (Wildman–Crippen LogP) is 4.02. The van der Waals surface area contributed by atoms with Crippen LogP contribution in [0.4, 0.5) is 0 Å². The van der Waals surface area contributed by atoms with E-state index in [1.807, 2.05) is 12.1 Å². The number of benzene rings is 1. The zero-order valence-corrected chi connectivity index (χ0v) is 9.63. The fourth-order valence-corrected chi connectivity index (χ4v) is 2.06. The van der Waals surface area contributed by atoms with Gasteiger partial charge >= 0.3 is 0 Å². The molecule has 0 fully saturated rings. The number of phenols is 1. The first-order valence-electron chi connectivity index (χ1n) is 5.93. The van der Waals surface area contributed by atoms with E-state index in [2.05, 4.69) is 31.2 Å². The van der Waals surface area contributed by atoms with Gasteiger partial charge < -0.3 is 5.11 Å². The van der Waals surface area contributed by atoms with Gasteiger partial charge in [-0.2, -0.15) is 0 Å². The maximum Gasteiger partial charge on any atom is 0.115 e. The standard InChI is InChI=1S/C15H18O/c1-2-12-4-3-5-13(7-6-12)14-8-10-15(16)11-9-14/h3-4,6-13,16H,2,5H2,1H3/t12-,13?/m0/s1. The fraction of sp³-hybridized carbons (Fsp3) is 0.333. The molecule has 1 N–H and O–H groups in total. The van der Waals surface area contributed by atoms with E-state index in [9.17, 15) is 5.11 Å². The first-order valence-corrected chi connectivity index (χ1v) is 5.93. The molecule has 1 aromatic rings. The number of allylic oxidation sites excluding steroid dienone is 4. The maximum atomic E-state index is 9.26. The Kier molecular flexibility index (Phi) is 3.45. The third kappa shape index (κ3) is 2.54. The van der Waals surface area contributed by atoms with Gasteiger partial charge in [-0.25, -0.2) is 0 Å². The van der Waals surface area contributed by atoms with Crippen LogP contribution >= 0.6 is 0 Å². The largest absolute Gasteiger partial charge is 0.508 e. The molecule has 16 heavy (non-hydrogen) atoms. The summed E-state index contributed by atoms with van der Waals surface area (Å²) >= 11 is 0. The van der Waals surface area contributed by atoms with Crippen molar-refractivity contribution >= 4 is 0 Å². The number of phenolic OH excluding ortho intramolecular Hbond substituents is 1. The maximum absolute atomic E-state index is 9.26. The van der Waals surface area contributed by atoms with Crippen molar-refractivity contribution in [3.8, 4) is 5.75 Å². The van der Waals surface area contributed by atoms with Gasteiger partial charge in [0.25, 0.3) is 0 Å². The van der Waals surface area contributed by atoms with Crippen LogP contribution in [0.15, 0.2) is 48.6 Å². The molecule has 0 saturated carbocycles. The summed E-state index contributed by atoms with van der Waals surface area (Å²) in [7, 11) is 0. The van der Waals surface area contributed by atoms with Gasteiger partial charge in [0.1, 0.15) is 5.75 Å². The molecule has 0 spiro atoms. The van der Waals surface area contributed by atoms with E-state index >= 15 is 0 Å². The summed E-state index contributed by atoms with van der Waals surface area (Å²) in [6.07, 6.45) is 11.4. The topological polar surface area (TPSA) is 20.2 Å². The van der Waals surface area contributed by atoms with Crippen LogP contribution in [-0.2, 0) is 0 Å². The molecule has 0 aromatic heterocycles. The highest BCUT2D eigenvalue weighted by molar-refractivity contribution is 5.32. The van der Waals surface area contributed by atoms with Gasteiger partial charge in [-0.3, -0.25) is 0 Å². The van der Waals surface area contributed by atoms with Crippen molar-refractivity contribution in [1.29, 1.82) is 0 Å². The van der Waals surface area contributed by atoms with Crippen LogP contribution in [0.2, 0.25) is 0 Å². The number of hydrogen-bond acceptors (Lipinski definition) is 1. The Morgan fingerprint density at radius 3 is 2.56 bits per heavy atom. The Morgan fingerprint density at radius 2 is 1.88 bits per heavy atom. The third-order valence-corrected chi connectivity index (χ3v) is 3.16. The highest BCUT2D eigenvalue weighted by Gasteiger charge is 2.10. The third-order valence-electron chi connectivity index (χ3n) is 3.16. The van der Waals surface area contributed by atoms with Crippen molar-refractivity contribution in [3.05, 3.63) is 54.1 Å². The van der Waals surface area contributed by atoms with Crippen molar-refractivity contribution in [3.63, 3.8) is 0 Å². The highest BCUT2D eigenvalue weighted by Crippen LogP contribution is 2.27. The lowest BCUT2D eigenvalue weighted by atomic mass is 9.95. The first kappa shape index (κ1) is 11.0. The zero-order chi connectivity index (χ0) is 11.4. The van der Waals surface area contributed by atoms with E-state index in [-0.39, 0.29) is 0 Å². The normalized spacial score (nSPS) is 24.3. The van der Waals surface area contributed by atoms with Crippen molar-refractivity contribution in [1.82, 2.24) is 0 Å². The average Bonchev–Trinajstić information content (AvgIpc) is 2.55. The second-order valence-electron chi connectivity index (χ2n) is 4.32. The highest BCUT2D eigenvalue weighted by atomic mass is 16.3. The second kappa shape index (κ2) is 5.02. The second-order valence-corrected chi connectivity index (χ2v) is 4.32. The lowest BCUT2D eigenvalue weighted by Crippen LogP contribution is -1.92. The van der Waals surface area contributed by atoms with E-state index in [1.54, 1.807) is 12.1 Å². The minimum atomic E-state index is 0.336. The first-order chi connectivity index (χ1) is 7.79. The van der Waals surface area contributed by atoms with Gasteiger partial charge in [-0.15, -0.1) is 0 Å². The van der Waals surface area contributed by atoms with Crippen LogP contribution in [0.1, 0.15) is 31.2 Å². The Balaban J connectivity index is 2.16. The smallest absolute Gasteiger partial charge is 0.115 e. The lowest BCUT2D eigenvalue weighted by molar-refractivity contribution is 0.475. The average molecular weight is 214 g/mol. The molecule has 1 aliphatic rings. The molecule has 0 radical (unpaired) electrons. The van der Waals surface area contributed by atoms with Gasteiger partial charge in [-0.1, -0.05) is 43.4 Å². The molecular formula is C15H18O. The van der Waals surface area contributed by atoms with Crippen molar-refractivity contribution in [2.24, 2.45) is 5.92 Å². The Bertz CT molecular complexity index is 386. The number of aromatic hydroxyl groups is 1. The van der Waals surface area contributed by atoms with Crippen LogP contribution in [-0.4, -0.2) is 5.11 Å². The van der Waals surface area contributed by atoms with Gasteiger partial charge in [0.05, 0.1) is 0 Å². The SMILES string of the molecule is CC[C@H]1C=CCC(c2ccc(O)cc2)C=C1. The van der Waals surface area contributed by atoms with E-state index in [4.69, 9.17) is 0 Å². The summed E-state index contributed by atoms with van der Waals surface area (Å²) in [5.74, 6) is 1.37. The molecule has 1 nitrogen and oxygen atoms in total. The number of hydrogen-bond donors (Lipinski definition) is 1. The van der Waals surface area contributed by atoms with Crippen molar-refractivity contribution in [2.75, 3.05) is 0 Å². The molecule has 2 rings (SSSR count). The zero-order valence-electron chi connectivity index (χ0n) is 9.63. The predicted molar refractivity (Wildman–Crippen MR) is 67.5 cm³/mol. The summed E-state index contributed by atoms with van der Waals surface area (Å²) in [6.45, 7) is 2.21. The van der Waals surface area contributed by atoms with E-state index in [1.165, 1.54) is 5.56 Å². The fourth-order valence-electron chi connectivity index (χ4n) is 2.06. The van der Waals surface area contributed by atoms with Crippen LogP contribution in [0, 0.1) is 5.92 Å². The molecule has 0 heterocycles. The summed E-state index contributed by atoms with van der Waals surface area (Å²) in [5.41, 5.74) is 1.27. The molecular weight excluding hydrogens is 196 g/mol. The van der Waals surface area contributed by atoms with Crippen LogP contribution < -0.4 is 0 Å². The number of rotatable bonds is 2. The molecule has 1 unspecified atom stereocenters. The van der Waals surface area contributed by atoms with E-state index in [0.29, 0.717) is 17.6 Å². The molecule has 2 atom stereocenters. The van der Waals surface area contributed by atoms with Crippen LogP contribution in [0.3, 0.4) is 0 Å². The molecule has 1 heteroatoms. The van der Waals surface area contributed by atoms with Crippen molar-refractivity contribution in [2.45, 2.75) is 25.7 Å². The molecule has 0 bridgehead atoms. The summed E-state index contributed by atoms with van der Waals surface area (Å²) < 4.78 is 0.